The Morgan fingerprint density at radius 3 is 1.32 bits per heavy atom. The van der Waals surface area contributed by atoms with Crippen LogP contribution in [-0.2, 0) is 5.60 Å². The van der Waals surface area contributed by atoms with E-state index in [0.717, 1.165) is 113 Å². The molecule has 1 aliphatic heterocycles. The second kappa shape index (κ2) is 13.6. The topological polar surface area (TPSA) is 34.0 Å². The van der Waals surface area contributed by atoms with Crippen LogP contribution in [0.4, 0.5) is 10.0 Å². The van der Waals surface area contributed by atoms with E-state index in [0.29, 0.717) is 5.36 Å². The summed E-state index contributed by atoms with van der Waals surface area (Å²) in [7, 11) is 0. The van der Waals surface area contributed by atoms with E-state index in [1.54, 1.807) is 22.7 Å². The summed E-state index contributed by atoms with van der Waals surface area (Å²) in [6.45, 7) is 0. The van der Waals surface area contributed by atoms with Crippen molar-refractivity contribution < 1.29 is 4.74 Å². The van der Waals surface area contributed by atoms with Crippen molar-refractivity contribution in [2.45, 2.75) is 37.7 Å². The van der Waals surface area contributed by atoms with Crippen molar-refractivity contribution in [1.82, 2.24) is 0 Å². The van der Waals surface area contributed by atoms with Gasteiger partial charge in [0.05, 0.1) is 41.9 Å². The lowest BCUT2D eigenvalue weighted by molar-refractivity contribution is 0.0282. The molecular formula is C52H28N2OS8. The van der Waals surface area contributed by atoms with Gasteiger partial charge < -0.3 is 4.74 Å². The average molecular weight is 953 g/mol. The van der Waals surface area contributed by atoms with Crippen molar-refractivity contribution in [1.29, 1.82) is 0 Å². The van der Waals surface area contributed by atoms with Gasteiger partial charge in [-0.05, 0) is 129 Å². The number of rotatable bonds is 2. The molecule has 1 spiro atoms. The second-order valence-electron chi connectivity index (χ2n) is 16.9. The van der Waals surface area contributed by atoms with Crippen molar-refractivity contribution in [2.75, 3.05) is 0 Å². The Hall–Kier alpha value is -4.82. The summed E-state index contributed by atoms with van der Waals surface area (Å²) in [5.74, 6) is 1.01. The lowest BCUT2D eigenvalue weighted by atomic mass is 9.78. The van der Waals surface area contributed by atoms with Crippen molar-refractivity contribution in [2.24, 2.45) is 9.98 Å². The van der Waals surface area contributed by atoms with Gasteiger partial charge in [-0.15, -0.1) is 45.3 Å². The Morgan fingerprint density at radius 2 is 0.857 bits per heavy atom. The number of benzene rings is 6. The third kappa shape index (κ3) is 5.48. The highest BCUT2D eigenvalue weighted by molar-refractivity contribution is 7.72. The third-order valence-electron chi connectivity index (χ3n) is 13.2. The Morgan fingerprint density at radius 1 is 0.444 bits per heavy atom. The van der Waals surface area contributed by atoms with E-state index < -0.39 is 0 Å². The predicted molar refractivity (Wildman–Crippen MR) is 280 cm³/mol. The van der Waals surface area contributed by atoms with Crippen molar-refractivity contribution in [3.63, 3.8) is 0 Å². The first-order valence-corrected chi connectivity index (χ1v) is 25.8. The van der Waals surface area contributed by atoms with Crippen molar-refractivity contribution >= 4 is 188 Å². The first-order chi connectivity index (χ1) is 30.8. The highest BCUT2D eigenvalue weighted by Gasteiger charge is 2.46. The number of thiophene rings is 4. The van der Waals surface area contributed by atoms with Crippen LogP contribution in [0.1, 0.15) is 37.7 Å². The van der Waals surface area contributed by atoms with Crippen LogP contribution in [0, 0.1) is 18.0 Å². The molecule has 1 fully saturated rings. The van der Waals surface area contributed by atoms with Gasteiger partial charge in [-0.25, -0.2) is 9.98 Å². The van der Waals surface area contributed by atoms with Crippen LogP contribution in [0.5, 0.6) is 5.75 Å². The number of nitrogens with zero attached hydrogens (tertiary/aromatic N) is 2. The van der Waals surface area contributed by atoms with Crippen LogP contribution in [0.2, 0.25) is 0 Å². The van der Waals surface area contributed by atoms with Gasteiger partial charge in [0.2, 0.25) is 0 Å². The summed E-state index contributed by atoms with van der Waals surface area (Å²) in [5.41, 5.74) is 0.956. The Balaban J connectivity index is 0.881. The maximum Gasteiger partial charge on any atom is 0.158 e. The lowest BCUT2D eigenvalue weighted by Gasteiger charge is -2.40. The van der Waals surface area contributed by atoms with Crippen LogP contribution in [0.25, 0.3) is 93.2 Å². The summed E-state index contributed by atoms with van der Waals surface area (Å²) in [6, 6.07) is 39.1. The van der Waals surface area contributed by atoms with E-state index in [2.05, 4.69) is 109 Å². The van der Waals surface area contributed by atoms with Gasteiger partial charge in [0.25, 0.3) is 0 Å². The summed E-state index contributed by atoms with van der Waals surface area (Å²) >= 11 is 31.5. The number of hydrogen-bond donors (Lipinski definition) is 0. The fraction of sp³-hybridized carbons (Fsp3) is 0.115. The molecule has 8 aromatic carbocycles. The molecule has 4 aromatic heterocycles. The molecule has 63 heavy (non-hydrogen) atoms. The highest BCUT2D eigenvalue weighted by Crippen LogP contribution is 2.63. The first kappa shape index (κ1) is 37.5. The predicted octanol–water partition coefficient (Wildman–Crippen LogP) is 17.5. The van der Waals surface area contributed by atoms with E-state index in [1.807, 2.05) is 22.7 Å². The minimum atomic E-state index is -0.390. The molecule has 0 atom stereocenters. The molecular weight excluding hydrogens is 925 g/mol. The van der Waals surface area contributed by atoms with Gasteiger partial charge in [0.15, 0.2) is 5.75 Å². The molecule has 14 rings (SSSR count). The summed E-state index contributed by atoms with van der Waals surface area (Å²) < 4.78 is 15.2. The molecule has 11 heteroatoms. The van der Waals surface area contributed by atoms with Crippen LogP contribution in [-0.4, -0.2) is 0 Å². The van der Waals surface area contributed by atoms with Crippen molar-refractivity contribution in [3.8, 4) is 15.5 Å². The zero-order chi connectivity index (χ0) is 41.9. The van der Waals surface area contributed by atoms with Gasteiger partial charge in [-0.1, -0.05) is 104 Å². The fourth-order valence-electron chi connectivity index (χ4n) is 10.3. The van der Waals surface area contributed by atoms with Gasteiger partial charge in [-0.3, -0.25) is 0 Å². The van der Waals surface area contributed by atoms with Gasteiger partial charge in [0.1, 0.15) is 26.3 Å². The molecule has 0 saturated heterocycles. The van der Waals surface area contributed by atoms with Crippen molar-refractivity contribution in [3.05, 3.63) is 144 Å². The van der Waals surface area contributed by atoms with Crippen LogP contribution >= 0.6 is 94.2 Å². The minimum Gasteiger partial charge on any atom is -0.479 e. The maximum atomic E-state index is 7.40. The third-order valence-corrected chi connectivity index (χ3v) is 19.7. The van der Waals surface area contributed by atoms with E-state index >= 15 is 0 Å². The fourth-order valence-corrected chi connectivity index (χ4v) is 16.8. The zero-order valence-electron chi connectivity index (χ0n) is 33.0. The van der Waals surface area contributed by atoms with E-state index in [1.165, 1.54) is 57.4 Å². The van der Waals surface area contributed by atoms with Crippen LogP contribution in [0.15, 0.2) is 119 Å². The molecule has 0 radical (unpaired) electrons. The molecule has 300 valence electrons. The SMILES string of the molecule is S=c1c(=Nc2cc3sc4c(c3s2)OC2(CCCCC2)c2c-4sc3cc(N=c4c(=S)c5cc6cc7ccccc7cc6cc5c4=S)sc23)c(=S)c2cc3cc4ccccc4cc3cc12. The number of ether oxygens (including phenoxy) is 1. The largest absolute Gasteiger partial charge is 0.479 e. The minimum absolute atomic E-state index is 0.390. The molecule has 0 amide bonds. The molecule has 1 saturated carbocycles. The number of fused-ring (bicyclic) bond motifs is 14. The molecule has 2 aliphatic rings. The molecule has 0 bridgehead atoms. The van der Waals surface area contributed by atoms with Gasteiger partial charge in [-0.2, -0.15) is 0 Å². The summed E-state index contributed by atoms with van der Waals surface area (Å²) in [6.07, 6.45) is 5.46. The second-order valence-corrected chi connectivity index (χ2v) is 22.7. The van der Waals surface area contributed by atoms with E-state index in [4.69, 9.17) is 63.6 Å². The normalized spacial score (nSPS) is 14.9. The molecule has 5 heterocycles. The quantitative estimate of drug-likeness (QED) is 0.127. The molecule has 3 nitrogen and oxygen atoms in total. The molecule has 12 aromatic rings. The number of hydrogen-bond acceptors (Lipinski definition) is 11. The summed E-state index contributed by atoms with van der Waals surface area (Å²) in [4.78, 5) is 13.0. The zero-order valence-corrected chi connectivity index (χ0v) is 39.5. The lowest BCUT2D eigenvalue weighted by Crippen LogP contribution is -2.37. The van der Waals surface area contributed by atoms with Crippen LogP contribution < -0.4 is 15.5 Å². The van der Waals surface area contributed by atoms with E-state index in [9.17, 15) is 0 Å². The van der Waals surface area contributed by atoms with E-state index in [-0.39, 0.29) is 5.60 Å². The monoisotopic (exact) mass is 952 g/mol. The smallest absolute Gasteiger partial charge is 0.158 e. The standard InChI is InChI=1S/C52H28N2OS8/c56-44-32-18-28-14-24-8-2-3-9-25(24)15-29(28)19-33(32)45(57)41(44)53-38-22-36-48(62-38)40-50(60-36)51-43(55-52(40)12-6-1-7-13-52)49-37(61-51)23-39(63-49)54-42-46(58)34-20-30-16-26-10-4-5-11-27(26)17-31(30)21-35(34)47(42)59/h2-5,8-11,14-23H,1,6-7,12-13H2. The van der Waals surface area contributed by atoms with Crippen LogP contribution in [0.3, 0.4) is 0 Å². The average Bonchev–Trinajstić information content (AvgIpc) is 4.12. The van der Waals surface area contributed by atoms with Gasteiger partial charge >= 0.3 is 0 Å². The summed E-state index contributed by atoms with van der Waals surface area (Å²) in [5, 5.41) is 16.8. The maximum absolute atomic E-state index is 7.40. The molecule has 0 N–H and O–H groups in total. The Kier molecular flexibility index (Phi) is 8.11. The highest BCUT2D eigenvalue weighted by atomic mass is 32.1. The molecule has 1 aliphatic carbocycles. The molecule has 0 unspecified atom stereocenters. The first-order valence-electron chi connectivity index (χ1n) is 20.9. The Bertz CT molecular complexity index is 4210. The van der Waals surface area contributed by atoms with Gasteiger partial charge in [0, 0.05) is 31.8 Å². The Labute approximate surface area is 395 Å².